The highest BCUT2D eigenvalue weighted by atomic mass is 16.5. The van der Waals surface area contributed by atoms with Gasteiger partial charge >= 0.3 is 0 Å². The summed E-state index contributed by atoms with van der Waals surface area (Å²) in [7, 11) is 2.22. The predicted molar refractivity (Wildman–Crippen MR) is 62.1 cm³/mol. The molecule has 2 aliphatic heterocycles. The summed E-state index contributed by atoms with van der Waals surface area (Å²) in [4.78, 5) is 2.43. The van der Waals surface area contributed by atoms with Gasteiger partial charge in [0.15, 0.2) is 0 Å². The maximum atomic E-state index is 5.75. The number of ether oxygens (including phenoxy) is 1. The fourth-order valence-electron chi connectivity index (χ4n) is 2.66. The number of likely N-dealkylation sites (N-methyl/N-ethyl adjacent to an activating group) is 1. The topological polar surface area (TPSA) is 24.5 Å². The van der Waals surface area contributed by atoms with Crippen LogP contribution in [0.2, 0.25) is 0 Å². The molecule has 0 bridgehead atoms. The summed E-state index contributed by atoms with van der Waals surface area (Å²) >= 11 is 0. The molecule has 1 N–H and O–H groups in total. The summed E-state index contributed by atoms with van der Waals surface area (Å²) < 4.78 is 5.75. The van der Waals surface area contributed by atoms with E-state index in [4.69, 9.17) is 4.74 Å². The second kappa shape index (κ2) is 5.83. The van der Waals surface area contributed by atoms with Crippen molar-refractivity contribution in [1.82, 2.24) is 10.2 Å². The number of nitrogens with one attached hydrogen (secondary N) is 1. The van der Waals surface area contributed by atoms with Crippen molar-refractivity contribution in [2.75, 3.05) is 33.3 Å². The maximum Gasteiger partial charge on any atom is 0.0701 e. The van der Waals surface area contributed by atoms with E-state index in [1.165, 1.54) is 45.2 Å². The monoisotopic (exact) mass is 212 g/mol. The SMILES string of the molecule is CN(CC1CCCCO1)C[C@@H]1CCCN1. The van der Waals surface area contributed by atoms with E-state index < -0.39 is 0 Å². The minimum absolute atomic E-state index is 0.491. The van der Waals surface area contributed by atoms with E-state index in [0.717, 1.165) is 19.2 Å². The molecule has 0 aliphatic carbocycles. The Balaban J connectivity index is 1.64. The summed E-state index contributed by atoms with van der Waals surface area (Å²) in [6, 6.07) is 0.721. The highest BCUT2D eigenvalue weighted by molar-refractivity contribution is 4.78. The van der Waals surface area contributed by atoms with Gasteiger partial charge in [-0.1, -0.05) is 0 Å². The van der Waals surface area contributed by atoms with Crippen molar-refractivity contribution >= 4 is 0 Å². The maximum absolute atomic E-state index is 5.75. The van der Waals surface area contributed by atoms with Gasteiger partial charge in [0.25, 0.3) is 0 Å². The lowest BCUT2D eigenvalue weighted by Gasteiger charge is -2.28. The van der Waals surface area contributed by atoms with E-state index in [9.17, 15) is 0 Å². The Morgan fingerprint density at radius 1 is 1.20 bits per heavy atom. The highest BCUT2D eigenvalue weighted by Gasteiger charge is 2.19. The molecule has 0 radical (unpaired) electrons. The largest absolute Gasteiger partial charge is 0.377 e. The lowest BCUT2D eigenvalue weighted by Crippen LogP contribution is -2.40. The molecular weight excluding hydrogens is 188 g/mol. The van der Waals surface area contributed by atoms with Gasteiger partial charge in [-0.25, -0.2) is 0 Å². The first-order valence-corrected chi connectivity index (χ1v) is 6.38. The van der Waals surface area contributed by atoms with Crippen LogP contribution in [0, 0.1) is 0 Å². The van der Waals surface area contributed by atoms with E-state index >= 15 is 0 Å². The Morgan fingerprint density at radius 2 is 2.13 bits per heavy atom. The predicted octanol–water partition coefficient (Wildman–Crippen LogP) is 1.24. The summed E-state index contributed by atoms with van der Waals surface area (Å²) in [6.07, 6.45) is 7.03. The third kappa shape index (κ3) is 3.74. The standard InChI is InChI=1S/C12H24N2O/c1-14(9-11-5-4-7-13-11)10-12-6-2-3-8-15-12/h11-13H,2-10H2,1H3/t11-,12?/m0/s1. The quantitative estimate of drug-likeness (QED) is 0.759. The molecule has 3 heteroatoms. The Bertz CT molecular complexity index is 174. The van der Waals surface area contributed by atoms with E-state index in [-0.39, 0.29) is 0 Å². The summed E-state index contributed by atoms with van der Waals surface area (Å²) in [5.41, 5.74) is 0. The molecule has 88 valence electrons. The summed E-state index contributed by atoms with van der Waals surface area (Å²) in [5.74, 6) is 0. The molecule has 0 saturated carbocycles. The van der Waals surface area contributed by atoms with Gasteiger partial charge in [0.05, 0.1) is 6.10 Å². The molecule has 2 saturated heterocycles. The molecule has 15 heavy (non-hydrogen) atoms. The zero-order valence-corrected chi connectivity index (χ0v) is 9.87. The first-order chi connectivity index (χ1) is 7.34. The van der Waals surface area contributed by atoms with Crippen LogP contribution in [0.25, 0.3) is 0 Å². The van der Waals surface area contributed by atoms with Gasteiger partial charge in [-0.15, -0.1) is 0 Å². The van der Waals surface area contributed by atoms with Gasteiger partial charge < -0.3 is 15.0 Å². The van der Waals surface area contributed by atoms with Crippen molar-refractivity contribution in [3.05, 3.63) is 0 Å². The molecule has 2 heterocycles. The van der Waals surface area contributed by atoms with E-state index in [0.29, 0.717) is 6.10 Å². The Hall–Kier alpha value is -0.120. The summed E-state index contributed by atoms with van der Waals surface area (Å²) in [6.45, 7) is 4.47. The highest BCUT2D eigenvalue weighted by Crippen LogP contribution is 2.14. The number of hydrogen-bond donors (Lipinski definition) is 1. The lowest BCUT2D eigenvalue weighted by molar-refractivity contribution is -0.00234. The number of nitrogens with zero attached hydrogens (tertiary/aromatic N) is 1. The first kappa shape index (κ1) is 11.4. The molecule has 0 spiro atoms. The van der Waals surface area contributed by atoms with Crippen LogP contribution in [0.1, 0.15) is 32.1 Å². The molecule has 1 unspecified atom stereocenters. The zero-order valence-electron chi connectivity index (χ0n) is 9.87. The normalized spacial score (nSPS) is 32.4. The van der Waals surface area contributed by atoms with Crippen LogP contribution in [0.4, 0.5) is 0 Å². The third-order valence-corrected chi connectivity index (χ3v) is 3.48. The van der Waals surface area contributed by atoms with Crippen molar-refractivity contribution < 1.29 is 4.74 Å². The smallest absolute Gasteiger partial charge is 0.0701 e. The minimum atomic E-state index is 0.491. The number of rotatable bonds is 4. The Morgan fingerprint density at radius 3 is 2.80 bits per heavy atom. The van der Waals surface area contributed by atoms with Gasteiger partial charge in [-0.3, -0.25) is 0 Å². The molecule has 3 nitrogen and oxygen atoms in total. The van der Waals surface area contributed by atoms with Gasteiger partial charge in [0.1, 0.15) is 0 Å². The molecule has 0 aromatic heterocycles. The number of hydrogen-bond acceptors (Lipinski definition) is 3. The lowest BCUT2D eigenvalue weighted by atomic mass is 10.1. The molecule has 2 atom stereocenters. The van der Waals surface area contributed by atoms with Crippen molar-refractivity contribution in [3.63, 3.8) is 0 Å². The van der Waals surface area contributed by atoms with Gasteiger partial charge in [-0.2, -0.15) is 0 Å². The Kier molecular flexibility index (Phi) is 4.42. The molecule has 2 rings (SSSR count). The van der Waals surface area contributed by atoms with Crippen LogP contribution in [-0.4, -0.2) is 50.3 Å². The van der Waals surface area contributed by atoms with E-state index in [1.807, 2.05) is 0 Å². The first-order valence-electron chi connectivity index (χ1n) is 6.38. The van der Waals surface area contributed by atoms with Crippen molar-refractivity contribution in [3.8, 4) is 0 Å². The third-order valence-electron chi connectivity index (χ3n) is 3.48. The van der Waals surface area contributed by atoms with Gasteiger partial charge in [-0.05, 0) is 45.7 Å². The average Bonchev–Trinajstić information content (AvgIpc) is 2.71. The van der Waals surface area contributed by atoms with Crippen molar-refractivity contribution in [1.29, 1.82) is 0 Å². The van der Waals surface area contributed by atoms with Crippen LogP contribution in [0.15, 0.2) is 0 Å². The summed E-state index contributed by atoms with van der Waals surface area (Å²) in [5, 5.41) is 3.54. The minimum Gasteiger partial charge on any atom is -0.377 e. The van der Waals surface area contributed by atoms with E-state index in [1.54, 1.807) is 0 Å². The molecule has 0 aromatic carbocycles. The van der Waals surface area contributed by atoms with Crippen molar-refractivity contribution in [2.45, 2.75) is 44.2 Å². The van der Waals surface area contributed by atoms with Crippen LogP contribution >= 0.6 is 0 Å². The molecular formula is C12H24N2O. The van der Waals surface area contributed by atoms with Crippen LogP contribution in [0.3, 0.4) is 0 Å². The van der Waals surface area contributed by atoms with Crippen LogP contribution in [0.5, 0.6) is 0 Å². The zero-order chi connectivity index (χ0) is 10.5. The van der Waals surface area contributed by atoms with Crippen molar-refractivity contribution in [2.24, 2.45) is 0 Å². The van der Waals surface area contributed by atoms with Crippen LogP contribution in [-0.2, 0) is 4.74 Å². The molecule has 2 aliphatic rings. The molecule has 2 fully saturated rings. The molecule has 0 aromatic rings. The van der Waals surface area contributed by atoms with Gasteiger partial charge in [0.2, 0.25) is 0 Å². The van der Waals surface area contributed by atoms with E-state index in [2.05, 4.69) is 17.3 Å². The fourth-order valence-corrected chi connectivity index (χ4v) is 2.66. The molecule has 0 amide bonds. The van der Waals surface area contributed by atoms with Crippen LogP contribution < -0.4 is 5.32 Å². The van der Waals surface area contributed by atoms with Gasteiger partial charge in [0, 0.05) is 25.7 Å². The fraction of sp³-hybridized carbons (Fsp3) is 1.00. The second-order valence-electron chi connectivity index (χ2n) is 5.00. The second-order valence-corrected chi connectivity index (χ2v) is 5.00. The Labute approximate surface area is 93.2 Å². The average molecular weight is 212 g/mol.